The lowest BCUT2D eigenvalue weighted by Crippen LogP contribution is -2.74. The summed E-state index contributed by atoms with van der Waals surface area (Å²) in [4.78, 5) is 9.65. The van der Waals surface area contributed by atoms with E-state index in [0.29, 0.717) is 0 Å². The van der Waals surface area contributed by atoms with E-state index < -0.39 is 8.07 Å². The highest BCUT2D eigenvalue weighted by molar-refractivity contribution is 7.31. The van der Waals surface area contributed by atoms with Gasteiger partial charge in [-0.15, -0.1) is 11.3 Å². The first-order valence-corrected chi connectivity index (χ1v) is 24.8. The molecule has 0 radical (unpaired) electrons. The van der Waals surface area contributed by atoms with Crippen molar-refractivity contribution in [3.63, 3.8) is 0 Å². The maximum Gasteiger partial charge on any atom is 0.185 e. The average Bonchev–Trinajstić information content (AvgIpc) is 4.13. The van der Waals surface area contributed by atoms with Crippen LogP contribution >= 0.6 is 11.3 Å². The highest BCUT2D eigenvalue weighted by Crippen LogP contribution is 2.39. The van der Waals surface area contributed by atoms with Crippen molar-refractivity contribution >= 4 is 126 Å². The number of benzene rings is 8. The van der Waals surface area contributed by atoms with Crippen molar-refractivity contribution in [2.45, 2.75) is 0 Å². The average molecular weight is 865 g/mol. The molecule has 5 nitrogen and oxygen atoms in total. The fourth-order valence-corrected chi connectivity index (χ4v) is 17.5. The largest absolute Gasteiger partial charge is 0.456 e. The number of nitrogens with zero attached hydrogens (tertiary/aromatic N) is 4. The smallest absolute Gasteiger partial charge is 0.185 e. The fraction of sp³-hybridized carbons (Fsp3) is 0. The Labute approximate surface area is 377 Å². The minimum Gasteiger partial charge on any atom is -0.456 e. The molecule has 304 valence electrons. The van der Waals surface area contributed by atoms with Crippen molar-refractivity contribution in [1.82, 2.24) is 19.1 Å². The summed E-state index contributed by atoms with van der Waals surface area (Å²) in [6.45, 7) is 0. The highest BCUT2D eigenvalue weighted by Gasteiger charge is 2.45. The van der Waals surface area contributed by atoms with Crippen molar-refractivity contribution in [3.8, 4) is 11.4 Å². The summed E-state index contributed by atoms with van der Waals surface area (Å²) in [7, 11) is -3.14. The first-order valence-electron chi connectivity index (χ1n) is 22.0. The Balaban J connectivity index is 1.04. The van der Waals surface area contributed by atoms with E-state index in [1.165, 1.54) is 40.9 Å². The zero-order valence-corrected chi connectivity index (χ0v) is 36.7. The molecule has 0 saturated heterocycles. The van der Waals surface area contributed by atoms with Crippen molar-refractivity contribution in [2.75, 3.05) is 0 Å². The number of para-hydroxylation sites is 3. The molecule has 0 atom stereocenters. The fourth-order valence-electron chi connectivity index (χ4n) is 10.9. The number of hydrogen-bond acceptors (Lipinski definition) is 4. The third kappa shape index (κ3) is 5.13. The quantitative estimate of drug-likeness (QED) is 0.124. The minimum atomic E-state index is -3.14. The van der Waals surface area contributed by atoms with Crippen LogP contribution in [0.1, 0.15) is 0 Å². The number of aromatic nitrogens is 4. The number of fused-ring (bicyclic) bond motifs is 12. The molecular formula is C58H36N4OSSi. The summed E-state index contributed by atoms with van der Waals surface area (Å²) in [6, 6.07) is 75.4. The molecule has 8 aromatic carbocycles. The van der Waals surface area contributed by atoms with Gasteiger partial charge in [-0.25, -0.2) is 0 Å². The Hall–Kier alpha value is -8.10. The Morgan fingerprint density at radius 1 is 0.400 bits per heavy atom. The maximum absolute atomic E-state index is 7.21. The number of pyridine rings is 2. The van der Waals surface area contributed by atoms with E-state index in [4.69, 9.17) is 14.4 Å². The zero-order valence-electron chi connectivity index (χ0n) is 34.9. The number of rotatable bonds is 6. The van der Waals surface area contributed by atoms with Crippen LogP contribution in [-0.2, 0) is 0 Å². The number of thiophene rings is 1. The van der Waals surface area contributed by atoms with Crippen LogP contribution in [0.15, 0.2) is 223 Å². The van der Waals surface area contributed by atoms with Gasteiger partial charge in [-0.3, -0.25) is 9.97 Å². The lowest BCUT2D eigenvalue weighted by atomic mass is 10.1. The summed E-state index contributed by atoms with van der Waals surface area (Å²) < 4.78 is 14.5. The lowest BCUT2D eigenvalue weighted by molar-refractivity contribution is 0.671. The second kappa shape index (κ2) is 13.9. The minimum absolute atomic E-state index is 0.868. The van der Waals surface area contributed by atoms with Crippen molar-refractivity contribution in [2.24, 2.45) is 0 Å². The molecule has 0 aliphatic carbocycles. The summed E-state index contributed by atoms with van der Waals surface area (Å²) >= 11 is 1.90. The molecule has 6 aromatic heterocycles. The third-order valence-corrected chi connectivity index (χ3v) is 19.8. The van der Waals surface area contributed by atoms with Gasteiger partial charge in [0.25, 0.3) is 0 Å². The van der Waals surface area contributed by atoms with Gasteiger partial charge < -0.3 is 13.6 Å². The second-order valence-corrected chi connectivity index (χ2v) is 21.6. The summed E-state index contributed by atoms with van der Waals surface area (Å²) in [6.07, 6.45) is 3.77. The highest BCUT2D eigenvalue weighted by atomic mass is 32.1. The monoisotopic (exact) mass is 864 g/mol. The second-order valence-electron chi connectivity index (χ2n) is 16.9. The summed E-state index contributed by atoms with van der Waals surface area (Å²) in [5.41, 5.74) is 10.5. The first-order chi connectivity index (χ1) is 32.3. The van der Waals surface area contributed by atoms with Crippen molar-refractivity contribution in [1.29, 1.82) is 0 Å². The molecular weight excluding hydrogens is 829 g/mol. The molecule has 14 aromatic rings. The van der Waals surface area contributed by atoms with E-state index in [-0.39, 0.29) is 0 Å². The van der Waals surface area contributed by atoms with Gasteiger partial charge in [-0.05, 0) is 93.5 Å². The van der Waals surface area contributed by atoms with E-state index in [9.17, 15) is 0 Å². The van der Waals surface area contributed by atoms with Gasteiger partial charge in [0.05, 0.1) is 33.1 Å². The maximum atomic E-state index is 7.21. The molecule has 0 amide bonds. The van der Waals surface area contributed by atoms with Gasteiger partial charge >= 0.3 is 0 Å². The van der Waals surface area contributed by atoms with E-state index in [2.05, 4.69) is 203 Å². The van der Waals surface area contributed by atoms with Gasteiger partial charge in [-0.2, -0.15) is 0 Å². The van der Waals surface area contributed by atoms with Gasteiger partial charge in [-0.1, -0.05) is 133 Å². The third-order valence-electron chi connectivity index (χ3n) is 13.6. The molecule has 6 heterocycles. The van der Waals surface area contributed by atoms with E-state index in [1.807, 2.05) is 35.9 Å². The Morgan fingerprint density at radius 2 is 0.923 bits per heavy atom. The zero-order chi connectivity index (χ0) is 42.6. The lowest BCUT2D eigenvalue weighted by Gasteiger charge is -2.34. The van der Waals surface area contributed by atoms with Crippen LogP contribution in [0.5, 0.6) is 0 Å². The molecule has 0 fully saturated rings. The topological polar surface area (TPSA) is 48.8 Å². The van der Waals surface area contributed by atoms with Crippen LogP contribution in [0, 0.1) is 0 Å². The molecule has 7 heteroatoms. The van der Waals surface area contributed by atoms with Crippen LogP contribution in [0.25, 0.3) is 97.4 Å². The predicted molar refractivity (Wildman–Crippen MR) is 274 cm³/mol. The predicted octanol–water partition coefficient (Wildman–Crippen LogP) is 12.3. The molecule has 0 aliphatic rings. The molecule has 14 rings (SSSR count). The van der Waals surface area contributed by atoms with Crippen LogP contribution in [0.4, 0.5) is 0 Å². The molecule has 0 saturated carbocycles. The SMILES string of the molecule is c1ccc([Si](c2ccccc2)(c2cccc3c2oc2ccc(-n4c5ccccc5c5ncccc54)cc23)c2cccc3c2sc2ccc(-n4c5ccccc5c5ncccc54)cc23)cc1. The van der Waals surface area contributed by atoms with E-state index >= 15 is 0 Å². The number of furan rings is 1. The van der Waals surface area contributed by atoms with Gasteiger partial charge in [0.1, 0.15) is 11.2 Å². The molecule has 0 spiro atoms. The molecule has 0 aliphatic heterocycles. The van der Waals surface area contributed by atoms with Crippen LogP contribution in [-0.4, -0.2) is 27.2 Å². The van der Waals surface area contributed by atoms with Crippen LogP contribution < -0.4 is 20.7 Å². The van der Waals surface area contributed by atoms with Crippen LogP contribution in [0.2, 0.25) is 0 Å². The van der Waals surface area contributed by atoms with Crippen LogP contribution in [0.3, 0.4) is 0 Å². The Morgan fingerprint density at radius 3 is 1.57 bits per heavy atom. The Bertz CT molecular complexity index is 3820. The van der Waals surface area contributed by atoms with Crippen molar-refractivity contribution < 1.29 is 4.42 Å². The standard InChI is InChI=1S/C58H36N4OSSi/c1-3-15-39(16-4-1)65(40-17-5-2-6-18-40,53-27-11-21-41-45-35-37(29-31-51(45)63-57(41)53)61-47-23-9-7-19-43(47)55-49(61)25-13-33-59-55)54-28-12-22-42-46-36-38(30-32-52(46)64-58(42)54)62-48-24-10-8-20-44(48)56-50(62)26-14-34-60-56/h1-36H. The van der Waals surface area contributed by atoms with E-state index in [1.54, 1.807) is 0 Å². The Kier molecular flexibility index (Phi) is 7.81. The molecule has 0 N–H and O–H groups in total. The van der Waals surface area contributed by atoms with Gasteiger partial charge in [0, 0.05) is 65.5 Å². The number of hydrogen-bond donors (Lipinski definition) is 0. The molecule has 0 bridgehead atoms. The summed E-state index contributed by atoms with van der Waals surface area (Å²) in [5.74, 6) is 0. The van der Waals surface area contributed by atoms with E-state index in [0.717, 1.165) is 77.2 Å². The van der Waals surface area contributed by atoms with Gasteiger partial charge in [0.15, 0.2) is 8.07 Å². The van der Waals surface area contributed by atoms with Crippen molar-refractivity contribution in [3.05, 3.63) is 219 Å². The van der Waals surface area contributed by atoms with Gasteiger partial charge in [0.2, 0.25) is 0 Å². The first kappa shape index (κ1) is 36.4. The molecule has 65 heavy (non-hydrogen) atoms. The summed E-state index contributed by atoms with van der Waals surface area (Å²) in [5, 5.41) is 12.2. The normalized spacial score (nSPS) is 12.3. The molecule has 0 unspecified atom stereocenters.